The van der Waals surface area contributed by atoms with E-state index in [0.717, 1.165) is 23.8 Å². The second-order valence-corrected chi connectivity index (χ2v) is 5.19. The molecular weight excluding hydrogens is 232 g/mol. The van der Waals surface area contributed by atoms with Crippen molar-refractivity contribution in [1.82, 2.24) is 4.98 Å². The number of nitrogens with one attached hydrogen (secondary N) is 1. The lowest BCUT2D eigenvalue weighted by Crippen LogP contribution is -2.14. The van der Waals surface area contributed by atoms with Crippen LogP contribution in [0.2, 0.25) is 0 Å². The zero-order valence-corrected chi connectivity index (χ0v) is 12.0. The first-order chi connectivity index (χ1) is 9.33. The molecule has 0 aliphatic rings. The standard InChI is InChI=1S/C17H24N2/c1-3-5-8-14(4-2)13-18-17-12-11-15-9-6-7-10-16(15)19-17/h6-7,9-12,14H,3-5,8,13H2,1-2H3,(H,18,19). The van der Waals surface area contributed by atoms with E-state index in [0.29, 0.717) is 0 Å². The topological polar surface area (TPSA) is 24.9 Å². The molecule has 1 atom stereocenters. The minimum absolute atomic E-state index is 0.758. The molecule has 1 aromatic carbocycles. The number of fused-ring (bicyclic) bond motifs is 1. The van der Waals surface area contributed by atoms with Crippen LogP contribution in [-0.4, -0.2) is 11.5 Å². The first kappa shape index (κ1) is 13.9. The highest BCUT2D eigenvalue weighted by Gasteiger charge is 2.06. The fourth-order valence-electron chi connectivity index (χ4n) is 2.36. The van der Waals surface area contributed by atoms with Gasteiger partial charge in [-0.25, -0.2) is 4.98 Å². The molecule has 0 bridgehead atoms. The largest absolute Gasteiger partial charge is 0.370 e. The van der Waals surface area contributed by atoms with Crippen molar-refractivity contribution < 1.29 is 0 Å². The smallest absolute Gasteiger partial charge is 0.126 e. The summed E-state index contributed by atoms with van der Waals surface area (Å²) in [5.41, 5.74) is 1.06. The van der Waals surface area contributed by atoms with Gasteiger partial charge in [-0.05, 0) is 30.5 Å². The van der Waals surface area contributed by atoms with Gasteiger partial charge in [0.2, 0.25) is 0 Å². The Morgan fingerprint density at radius 3 is 2.74 bits per heavy atom. The van der Waals surface area contributed by atoms with E-state index in [1.807, 2.05) is 6.07 Å². The lowest BCUT2D eigenvalue weighted by Gasteiger charge is -2.15. The fraction of sp³-hybridized carbons (Fsp3) is 0.471. The van der Waals surface area contributed by atoms with E-state index in [2.05, 4.69) is 54.5 Å². The Morgan fingerprint density at radius 1 is 1.11 bits per heavy atom. The minimum Gasteiger partial charge on any atom is -0.370 e. The van der Waals surface area contributed by atoms with Crippen LogP contribution in [0.4, 0.5) is 5.82 Å². The molecular formula is C17H24N2. The molecule has 0 spiro atoms. The fourth-order valence-corrected chi connectivity index (χ4v) is 2.36. The van der Waals surface area contributed by atoms with Crippen LogP contribution in [0, 0.1) is 5.92 Å². The van der Waals surface area contributed by atoms with Crippen LogP contribution in [0.5, 0.6) is 0 Å². The number of anilines is 1. The highest BCUT2D eigenvalue weighted by atomic mass is 15.0. The van der Waals surface area contributed by atoms with Crippen LogP contribution in [0.25, 0.3) is 10.9 Å². The van der Waals surface area contributed by atoms with E-state index in [1.165, 1.54) is 31.1 Å². The van der Waals surface area contributed by atoms with Gasteiger partial charge in [0.15, 0.2) is 0 Å². The van der Waals surface area contributed by atoms with Crippen molar-refractivity contribution in [3.63, 3.8) is 0 Å². The Morgan fingerprint density at radius 2 is 1.95 bits per heavy atom. The highest BCUT2D eigenvalue weighted by Crippen LogP contribution is 2.17. The molecule has 2 nitrogen and oxygen atoms in total. The summed E-state index contributed by atoms with van der Waals surface area (Å²) in [6, 6.07) is 12.5. The molecule has 0 aliphatic carbocycles. The average Bonchev–Trinajstić information content (AvgIpc) is 2.47. The molecule has 1 aromatic heterocycles. The Hall–Kier alpha value is -1.57. The summed E-state index contributed by atoms with van der Waals surface area (Å²) in [7, 11) is 0. The van der Waals surface area contributed by atoms with Crippen molar-refractivity contribution in [3.8, 4) is 0 Å². The Labute approximate surface area is 116 Å². The van der Waals surface area contributed by atoms with Gasteiger partial charge in [-0.2, -0.15) is 0 Å². The van der Waals surface area contributed by atoms with E-state index in [9.17, 15) is 0 Å². The zero-order valence-electron chi connectivity index (χ0n) is 12.0. The molecule has 2 heteroatoms. The maximum atomic E-state index is 4.65. The molecule has 0 saturated carbocycles. The molecule has 2 rings (SSSR count). The number of unbranched alkanes of at least 4 members (excludes halogenated alkanes) is 1. The van der Waals surface area contributed by atoms with E-state index in [-0.39, 0.29) is 0 Å². The number of para-hydroxylation sites is 1. The van der Waals surface area contributed by atoms with Crippen molar-refractivity contribution in [1.29, 1.82) is 0 Å². The Kier molecular flexibility index (Phi) is 5.20. The SMILES string of the molecule is CCCCC(CC)CNc1ccc2ccccc2n1. The van der Waals surface area contributed by atoms with Gasteiger partial charge in [-0.3, -0.25) is 0 Å². The van der Waals surface area contributed by atoms with Crippen molar-refractivity contribution in [3.05, 3.63) is 36.4 Å². The Balaban J connectivity index is 1.96. The van der Waals surface area contributed by atoms with Crippen LogP contribution < -0.4 is 5.32 Å². The average molecular weight is 256 g/mol. The molecule has 0 aliphatic heterocycles. The van der Waals surface area contributed by atoms with Crippen molar-refractivity contribution >= 4 is 16.7 Å². The van der Waals surface area contributed by atoms with Gasteiger partial charge in [0.25, 0.3) is 0 Å². The summed E-state index contributed by atoms with van der Waals surface area (Å²) in [6.07, 6.45) is 5.16. The van der Waals surface area contributed by atoms with Crippen LogP contribution in [0.1, 0.15) is 39.5 Å². The predicted molar refractivity (Wildman–Crippen MR) is 83.5 cm³/mol. The third kappa shape index (κ3) is 3.95. The Bertz CT molecular complexity index is 507. The maximum absolute atomic E-state index is 4.65. The normalized spacial score (nSPS) is 12.5. The van der Waals surface area contributed by atoms with Crippen molar-refractivity contribution in [2.45, 2.75) is 39.5 Å². The van der Waals surface area contributed by atoms with Crippen LogP contribution >= 0.6 is 0 Å². The second kappa shape index (κ2) is 7.13. The molecule has 1 N–H and O–H groups in total. The first-order valence-corrected chi connectivity index (χ1v) is 7.43. The lowest BCUT2D eigenvalue weighted by atomic mass is 9.99. The molecule has 1 unspecified atom stereocenters. The van der Waals surface area contributed by atoms with Crippen LogP contribution in [0.15, 0.2) is 36.4 Å². The van der Waals surface area contributed by atoms with Gasteiger partial charge >= 0.3 is 0 Å². The maximum Gasteiger partial charge on any atom is 0.126 e. The second-order valence-electron chi connectivity index (χ2n) is 5.19. The molecule has 102 valence electrons. The molecule has 1 heterocycles. The van der Waals surface area contributed by atoms with E-state index < -0.39 is 0 Å². The van der Waals surface area contributed by atoms with Gasteiger partial charge in [0, 0.05) is 11.9 Å². The van der Waals surface area contributed by atoms with Crippen LogP contribution in [-0.2, 0) is 0 Å². The number of rotatable bonds is 7. The third-order valence-electron chi connectivity index (χ3n) is 3.71. The molecule has 0 saturated heterocycles. The lowest BCUT2D eigenvalue weighted by molar-refractivity contribution is 0.472. The summed E-state index contributed by atoms with van der Waals surface area (Å²) in [5.74, 6) is 1.75. The number of hydrogen-bond acceptors (Lipinski definition) is 2. The van der Waals surface area contributed by atoms with Crippen molar-refractivity contribution in [2.75, 3.05) is 11.9 Å². The number of hydrogen-bond donors (Lipinski definition) is 1. The molecule has 0 radical (unpaired) electrons. The monoisotopic (exact) mass is 256 g/mol. The highest BCUT2D eigenvalue weighted by molar-refractivity contribution is 5.79. The van der Waals surface area contributed by atoms with Gasteiger partial charge in [-0.15, -0.1) is 0 Å². The summed E-state index contributed by atoms with van der Waals surface area (Å²) >= 11 is 0. The molecule has 2 aromatic rings. The van der Waals surface area contributed by atoms with Gasteiger partial charge in [0.1, 0.15) is 5.82 Å². The van der Waals surface area contributed by atoms with Gasteiger partial charge < -0.3 is 5.32 Å². The summed E-state index contributed by atoms with van der Waals surface area (Å²) < 4.78 is 0. The van der Waals surface area contributed by atoms with E-state index in [4.69, 9.17) is 0 Å². The first-order valence-electron chi connectivity index (χ1n) is 7.43. The third-order valence-corrected chi connectivity index (χ3v) is 3.71. The summed E-state index contributed by atoms with van der Waals surface area (Å²) in [5, 5.41) is 4.69. The van der Waals surface area contributed by atoms with Crippen LogP contribution in [0.3, 0.4) is 0 Å². The van der Waals surface area contributed by atoms with E-state index in [1.54, 1.807) is 0 Å². The molecule has 19 heavy (non-hydrogen) atoms. The molecule has 0 amide bonds. The summed E-state index contributed by atoms with van der Waals surface area (Å²) in [6.45, 7) is 5.56. The number of aromatic nitrogens is 1. The molecule has 0 fully saturated rings. The van der Waals surface area contributed by atoms with Gasteiger partial charge in [0.05, 0.1) is 5.52 Å². The number of pyridine rings is 1. The quantitative estimate of drug-likeness (QED) is 0.765. The van der Waals surface area contributed by atoms with Gasteiger partial charge in [-0.1, -0.05) is 51.3 Å². The predicted octanol–water partition coefficient (Wildman–Crippen LogP) is 4.86. The zero-order chi connectivity index (χ0) is 13.5. The van der Waals surface area contributed by atoms with Crippen molar-refractivity contribution in [2.24, 2.45) is 5.92 Å². The summed E-state index contributed by atoms with van der Waals surface area (Å²) in [4.78, 5) is 4.65. The minimum atomic E-state index is 0.758. The number of nitrogens with zero attached hydrogens (tertiary/aromatic N) is 1. The van der Waals surface area contributed by atoms with E-state index >= 15 is 0 Å². The number of benzene rings is 1.